The SMILES string of the molecule is Nc1cncc(Br)c1Nc1cccc(Cl)c1Cl. The van der Waals surface area contributed by atoms with Gasteiger partial charge in [-0.1, -0.05) is 29.3 Å². The number of hydrogen-bond donors (Lipinski definition) is 2. The zero-order valence-electron chi connectivity index (χ0n) is 8.55. The summed E-state index contributed by atoms with van der Waals surface area (Å²) >= 11 is 15.4. The fourth-order valence-corrected chi connectivity index (χ4v) is 2.11. The molecule has 2 rings (SSSR count). The molecule has 0 bridgehead atoms. The van der Waals surface area contributed by atoms with Gasteiger partial charge in [0.05, 0.1) is 37.8 Å². The van der Waals surface area contributed by atoms with Crippen LogP contribution in [0.3, 0.4) is 0 Å². The monoisotopic (exact) mass is 331 g/mol. The molecule has 1 heterocycles. The number of benzene rings is 1. The Morgan fingerprint density at radius 3 is 2.71 bits per heavy atom. The zero-order valence-corrected chi connectivity index (χ0v) is 11.6. The van der Waals surface area contributed by atoms with Gasteiger partial charge in [-0.15, -0.1) is 0 Å². The van der Waals surface area contributed by atoms with Crippen LogP contribution in [0, 0.1) is 0 Å². The van der Waals surface area contributed by atoms with Gasteiger partial charge in [-0.25, -0.2) is 0 Å². The molecule has 88 valence electrons. The summed E-state index contributed by atoms with van der Waals surface area (Å²) in [6.45, 7) is 0. The Morgan fingerprint density at radius 2 is 2.00 bits per heavy atom. The Morgan fingerprint density at radius 1 is 1.24 bits per heavy atom. The first-order valence-corrected chi connectivity index (χ1v) is 6.24. The maximum absolute atomic E-state index is 6.08. The third-order valence-corrected chi connectivity index (χ3v) is 3.56. The summed E-state index contributed by atoms with van der Waals surface area (Å²) in [7, 11) is 0. The van der Waals surface area contributed by atoms with Gasteiger partial charge in [-0.3, -0.25) is 4.98 Å². The van der Waals surface area contributed by atoms with Crippen LogP contribution < -0.4 is 11.1 Å². The highest BCUT2D eigenvalue weighted by molar-refractivity contribution is 9.10. The zero-order chi connectivity index (χ0) is 12.4. The second-order valence-electron chi connectivity index (χ2n) is 3.31. The average Bonchev–Trinajstić information content (AvgIpc) is 2.29. The van der Waals surface area contributed by atoms with E-state index < -0.39 is 0 Å². The molecule has 0 saturated carbocycles. The quantitative estimate of drug-likeness (QED) is 0.852. The van der Waals surface area contributed by atoms with Crippen LogP contribution in [0.5, 0.6) is 0 Å². The fourth-order valence-electron chi connectivity index (χ4n) is 1.32. The minimum Gasteiger partial charge on any atom is -0.396 e. The molecule has 0 aliphatic heterocycles. The molecular formula is C11H8BrCl2N3. The Labute approximate surface area is 117 Å². The molecule has 1 aromatic heterocycles. The summed E-state index contributed by atoms with van der Waals surface area (Å²) in [5.74, 6) is 0. The van der Waals surface area contributed by atoms with Gasteiger partial charge < -0.3 is 11.1 Å². The average molecular weight is 333 g/mol. The minimum atomic E-state index is 0.456. The van der Waals surface area contributed by atoms with Gasteiger partial charge in [0.2, 0.25) is 0 Å². The number of hydrogen-bond acceptors (Lipinski definition) is 3. The van der Waals surface area contributed by atoms with Crippen molar-refractivity contribution in [2.24, 2.45) is 0 Å². The molecule has 0 saturated heterocycles. The van der Waals surface area contributed by atoms with Crippen LogP contribution in [0.1, 0.15) is 0 Å². The van der Waals surface area contributed by atoms with E-state index in [4.69, 9.17) is 28.9 Å². The van der Waals surface area contributed by atoms with E-state index in [9.17, 15) is 0 Å². The normalized spacial score (nSPS) is 10.3. The third-order valence-electron chi connectivity index (χ3n) is 2.14. The Balaban J connectivity index is 2.42. The number of aromatic nitrogens is 1. The summed E-state index contributed by atoms with van der Waals surface area (Å²) < 4.78 is 0.758. The van der Waals surface area contributed by atoms with E-state index in [-0.39, 0.29) is 0 Å². The van der Waals surface area contributed by atoms with E-state index in [1.165, 1.54) is 0 Å². The summed E-state index contributed by atoms with van der Waals surface area (Å²) in [6, 6.07) is 5.35. The van der Waals surface area contributed by atoms with Crippen LogP contribution in [-0.4, -0.2) is 4.98 Å². The predicted octanol–water partition coefficient (Wildman–Crippen LogP) is 4.48. The molecule has 0 atom stereocenters. The number of nitrogen functional groups attached to an aromatic ring is 1. The van der Waals surface area contributed by atoms with E-state index in [2.05, 4.69) is 26.2 Å². The number of nitrogens with one attached hydrogen (secondary N) is 1. The molecule has 0 amide bonds. The molecule has 0 radical (unpaired) electrons. The lowest BCUT2D eigenvalue weighted by Crippen LogP contribution is -1.98. The molecule has 0 aliphatic carbocycles. The molecule has 3 nitrogen and oxygen atoms in total. The first-order valence-electron chi connectivity index (χ1n) is 4.69. The number of pyridine rings is 1. The van der Waals surface area contributed by atoms with Gasteiger partial charge in [-0.2, -0.15) is 0 Å². The van der Waals surface area contributed by atoms with E-state index in [0.29, 0.717) is 27.1 Å². The van der Waals surface area contributed by atoms with Crippen molar-refractivity contribution >= 4 is 56.2 Å². The van der Waals surface area contributed by atoms with Crippen molar-refractivity contribution in [2.45, 2.75) is 0 Å². The highest BCUT2D eigenvalue weighted by atomic mass is 79.9. The van der Waals surface area contributed by atoms with E-state index in [0.717, 1.165) is 4.47 Å². The van der Waals surface area contributed by atoms with Crippen LogP contribution in [0.4, 0.5) is 17.1 Å². The van der Waals surface area contributed by atoms with Gasteiger partial charge in [0.1, 0.15) is 0 Å². The molecule has 2 aromatic rings. The number of anilines is 3. The highest BCUT2D eigenvalue weighted by Crippen LogP contribution is 2.35. The molecule has 0 unspecified atom stereocenters. The lowest BCUT2D eigenvalue weighted by molar-refractivity contribution is 1.31. The van der Waals surface area contributed by atoms with Crippen molar-refractivity contribution in [1.29, 1.82) is 0 Å². The summed E-state index contributed by atoms with van der Waals surface area (Å²) in [6.07, 6.45) is 3.21. The number of nitrogens with zero attached hydrogens (tertiary/aromatic N) is 1. The summed E-state index contributed by atoms with van der Waals surface area (Å²) in [4.78, 5) is 3.96. The van der Waals surface area contributed by atoms with Crippen molar-refractivity contribution in [3.8, 4) is 0 Å². The number of rotatable bonds is 2. The number of halogens is 3. The van der Waals surface area contributed by atoms with Gasteiger partial charge in [0, 0.05) is 6.20 Å². The third kappa shape index (κ3) is 2.65. The van der Waals surface area contributed by atoms with Gasteiger partial charge in [0.15, 0.2) is 0 Å². The highest BCUT2D eigenvalue weighted by Gasteiger charge is 2.09. The van der Waals surface area contributed by atoms with Crippen LogP contribution in [0.2, 0.25) is 10.0 Å². The van der Waals surface area contributed by atoms with Crippen molar-refractivity contribution in [2.75, 3.05) is 11.1 Å². The predicted molar refractivity (Wildman–Crippen MR) is 76.1 cm³/mol. The molecular weight excluding hydrogens is 325 g/mol. The first-order chi connectivity index (χ1) is 8.09. The van der Waals surface area contributed by atoms with Crippen LogP contribution in [0.25, 0.3) is 0 Å². The van der Waals surface area contributed by atoms with Crippen LogP contribution in [-0.2, 0) is 0 Å². The Kier molecular flexibility index (Phi) is 3.76. The van der Waals surface area contributed by atoms with Crippen molar-refractivity contribution in [1.82, 2.24) is 4.98 Å². The molecule has 17 heavy (non-hydrogen) atoms. The fraction of sp³-hybridized carbons (Fsp3) is 0. The van der Waals surface area contributed by atoms with Gasteiger partial charge >= 0.3 is 0 Å². The van der Waals surface area contributed by atoms with Crippen LogP contribution >= 0.6 is 39.1 Å². The van der Waals surface area contributed by atoms with Crippen molar-refractivity contribution < 1.29 is 0 Å². The van der Waals surface area contributed by atoms with Gasteiger partial charge in [0.25, 0.3) is 0 Å². The lowest BCUT2D eigenvalue weighted by Gasteiger charge is -2.12. The standard InChI is InChI=1S/C11H8BrCl2N3/c12-6-4-16-5-8(15)11(6)17-9-3-1-2-7(13)10(9)14/h1-5H,15H2,(H,16,17). The Bertz CT molecular complexity index is 540. The molecule has 0 aliphatic rings. The van der Waals surface area contributed by atoms with Crippen molar-refractivity contribution in [3.05, 3.63) is 45.1 Å². The molecule has 6 heteroatoms. The van der Waals surface area contributed by atoms with Crippen LogP contribution in [0.15, 0.2) is 35.1 Å². The molecule has 3 N–H and O–H groups in total. The van der Waals surface area contributed by atoms with Crippen molar-refractivity contribution in [3.63, 3.8) is 0 Å². The van der Waals surface area contributed by atoms with E-state index in [1.54, 1.807) is 18.5 Å². The second-order valence-corrected chi connectivity index (χ2v) is 4.95. The Hall–Kier alpha value is -0.970. The maximum Gasteiger partial charge on any atom is 0.0827 e. The lowest BCUT2D eigenvalue weighted by atomic mass is 10.3. The minimum absolute atomic E-state index is 0.456. The summed E-state index contributed by atoms with van der Waals surface area (Å²) in [5.41, 5.74) is 7.75. The second kappa shape index (κ2) is 5.12. The smallest absolute Gasteiger partial charge is 0.0827 e. The topological polar surface area (TPSA) is 50.9 Å². The first kappa shape index (κ1) is 12.5. The van der Waals surface area contributed by atoms with E-state index >= 15 is 0 Å². The molecule has 0 spiro atoms. The number of nitrogens with two attached hydrogens (primary N) is 1. The largest absolute Gasteiger partial charge is 0.396 e. The van der Waals surface area contributed by atoms with Gasteiger partial charge in [-0.05, 0) is 28.1 Å². The van der Waals surface area contributed by atoms with E-state index in [1.807, 2.05) is 12.1 Å². The maximum atomic E-state index is 6.08. The molecule has 0 fully saturated rings. The molecule has 1 aromatic carbocycles. The summed E-state index contributed by atoms with van der Waals surface area (Å²) in [5, 5.41) is 4.06.